The molecule has 0 aliphatic carbocycles. The molecule has 0 unspecified atom stereocenters. The van der Waals surface area contributed by atoms with Crippen LogP contribution in [0.5, 0.6) is 0 Å². The number of esters is 2. The topological polar surface area (TPSA) is 90.7 Å². The third-order valence-electron chi connectivity index (χ3n) is 3.61. The Morgan fingerprint density at radius 1 is 1.15 bits per heavy atom. The predicted octanol–water partition coefficient (Wildman–Crippen LogP) is 3.90. The van der Waals surface area contributed by atoms with Gasteiger partial charge in [0.15, 0.2) is 5.58 Å². The first-order valence-electron chi connectivity index (χ1n) is 7.81. The number of nitrogens with zero attached hydrogens (tertiary/aromatic N) is 1. The van der Waals surface area contributed by atoms with Crippen molar-refractivity contribution in [3.8, 4) is 11.5 Å². The fourth-order valence-electron chi connectivity index (χ4n) is 2.34. The van der Waals surface area contributed by atoms with Crippen molar-refractivity contribution in [2.75, 3.05) is 19.5 Å². The van der Waals surface area contributed by atoms with Crippen LogP contribution in [0.3, 0.4) is 0 Å². The summed E-state index contributed by atoms with van der Waals surface area (Å²) in [6, 6.07) is 12.7. The van der Waals surface area contributed by atoms with E-state index < -0.39 is 11.9 Å². The Balaban J connectivity index is 1.93. The van der Waals surface area contributed by atoms with Gasteiger partial charge in [-0.1, -0.05) is 22.0 Å². The van der Waals surface area contributed by atoms with Crippen molar-refractivity contribution in [3.63, 3.8) is 0 Å². The van der Waals surface area contributed by atoms with Crippen LogP contribution in [0.15, 0.2) is 63.1 Å². The van der Waals surface area contributed by atoms with Crippen molar-refractivity contribution < 1.29 is 23.5 Å². The molecular weight excluding hydrogens is 416 g/mol. The molecule has 1 aromatic heterocycles. The van der Waals surface area contributed by atoms with Gasteiger partial charge < -0.3 is 19.2 Å². The third kappa shape index (κ3) is 4.35. The highest BCUT2D eigenvalue weighted by atomic mass is 79.9. The van der Waals surface area contributed by atoms with Gasteiger partial charge in [-0.25, -0.2) is 14.6 Å². The summed E-state index contributed by atoms with van der Waals surface area (Å²) in [5, 5.41) is 2.84. The third-order valence-corrected chi connectivity index (χ3v) is 4.10. The van der Waals surface area contributed by atoms with E-state index in [0.717, 1.165) is 16.1 Å². The smallest absolute Gasteiger partial charge is 0.354 e. The highest BCUT2D eigenvalue weighted by Crippen LogP contribution is 2.28. The molecule has 3 aromatic rings. The Labute approximate surface area is 163 Å². The fourth-order valence-corrected chi connectivity index (χ4v) is 2.74. The van der Waals surface area contributed by atoms with Gasteiger partial charge in [0.25, 0.3) is 0 Å². The van der Waals surface area contributed by atoms with Crippen LogP contribution < -0.4 is 5.32 Å². The summed E-state index contributed by atoms with van der Waals surface area (Å²) < 4.78 is 15.9. The predicted molar refractivity (Wildman–Crippen MR) is 103 cm³/mol. The number of carbonyl (C=O) groups excluding carboxylic acids is 2. The van der Waals surface area contributed by atoms with Crippen molar-refractivity contribution in [3.05, 3.63) is 58.7 Å². The van der Waals surface area contributed by atoms with Crippen LogP contribution in [0.4, 0.5) is 5.69 Å². The second-order valence-electron chi connectivity index (χ2n) is 5.41. The molecule has 0 radical (unpaired) electrons. The van der Waals surface area contributed by atoms with Crippen LogP contribution in [0.2, 0.25) is 0 Å². The van der Waals surface area contributed by atoms with Crippen LogP contribution in [0.25, 0.3) is 22.6 Å². The Morgan fingerprint density at radius 2 is 1.96 bits per heavy atom. The summed E-state index contributed by atoms with van der Waals surface area (Å²) >= 11 is 3.42. The molecule has 1 heterocycles. The van der Waals surface area contributed by atoms with E-state index in [0.29, 0.717) is 22.7 Å². The number of halogens is 1. The van der Waals surface area contributed by atoms with Crippen LogP contribution in [0.1, 0.15) is 0 Å². The maximum atomic E-state index is 11.9. The SMILES string of the molecule is COC(=O)/C=C(/Nc1ccc2oc(-c3cccc(Br)c3)nc2c1)C(=O)OC. The van der Waals surface area contributed by atoms with Gasteiger partial charge in [0.05, 0.1) is 20.3 Å². The first-order valence-corrected chi connectivity index (χ1v) is 8.61. The molecule has 27 heavy (non-hydrogen) atoms. The lowest BCUT2D eigenvalue weighted by Gasteiger charge is -2.08. The normalized spacial score (nSPS) is 11.3. The van der Waals surface area contributed by atoms with E-state index in [1.54, 1.807) is 18.2 Å². The largest absolute Gasteiger partial charge is 0.466 e. The first-order chi connectivity index (χ1) is 13.0. The van der Waals surface area contributed by atoms with E-state index in [1.165, 1.54) is 14.2 Å². The minimum Gasteiger partial charge on any atom is -0.466 e. The van der Waals surface area contributed by atoms with Gasteiger partial charge in [0.2, 0.25) is 5.89 Å². The summed E-state index contributed by atoms with van der Waals surface area (Å²) in [4.78, 5) is 27.8. The number of ether oxygens (including phenoxy) is 2. The zero-order chi connectivity index (χ0) is 19.4. The van der Waals surface area contributed by atoms with E-state index in [4.69, 9.17) is 4.42 Å². The summed E-state index contributed by atoms with van der Waals surface area (Å²) in [7, 11) is 2.44. The van der Waals surface area contributed by atoms with E-state index in [1.807, 2.05) is 24.3 Å². The summed E-state index contributed by atoms with van der Waals surface area (Å²) in [6.45, 7) is 0. The first kappa shape index (κ1) is 18.7. The molecule has 0 fully saturated rings. The molecule has 0 spiro atoms. The molecule has 3 rings (SSSR count). The Morgan fingerprint density at radius 3 is 2.67 bits per heavy atom. The summed E-state index contributed by atoms with van der Waals surface area (Å²) in [5.41, 5.74) is 2.50. The molecule has 8 heteroatoms. The van der Waals surface area contributed by atoms with Crippen LogP contribution in [-0.4, -0.2) is 31.1 Å². The minimum absolute atomic E-state index is 0.0561. The quantitative estimate of drug-likeness (QED) is 0.484. The number of carbonyl (C=O) groups is 2. The highest BCUT2D eigenvalue weighted by Gasteiger charge is 2.14. The molecule has 138 valence electrons. The van der Waals surface area contributed by atoms with Crippen molar-refractivity contribution in [1.29, 1.82) is 0 Å². The standard InChI is InChI=1S/C19H15BrN2O5/c1-25-17(23)10-15(19(24)26-2)21-13-6-7-16-14(9-13)22-18(27-16)11-4-3-5-12(20)8-11/h3-10,21H,1-2H3/b15-10+. The number of methoxy groups -OCH3 is 2. The molecule has 0 saturated carbocycles. The number of anilines is 1. The zero-order valence-corrected chi connectivity index (χ0v) is 16.1. The number of aromatic nitrogens is 1. The van der Waals surface area contributed by atoms with Gasteiger partial charge in [0.1, 0.15) is 11.2 Å². The summed E-state index contributed by atoms with van der Waals surface area (Å²) in [6.07, 6.45) is 1.02. The Hall–Kier alpha value is -3.13. The lowest BCUT2D eigenvalue weighted by Crippen LogP contribution is -2.15. The second kappa shape index (κ2) is 8.05. The number of rotatable bonds is 5. The van der Waals surface area contributed by atoms with Crippen molar-refractivity contribution in [1.82, 2.24) is 4.98 Å². The zero-order valence-electron chi connectivity index (χ0n) is 14.5. The molecule has 7 nitrogen and oxygen atoms in total. The second-order valence-corrected chi connectivity index (χ2v) is 6.33. The van der Waals surface area contributed by atoms with Crippen LogP contribution >= 0.6 is 15.9 Å². The molecule has 0 aliphatic heterocycles. The van der Waals surface area contributed by atoms with Gasteiger partial charge in [-0.05, 0) is 36.4 Å². The number of oxazole rings is 1. The molecule has 2 aromatic carbocycles. The number of benzene rings is 2. The molecular formula is C19H15BrN2O5. The van der Waals surface area contributed by atoms with Crippen molar-refractivity contribution >= 4 is 44.7 Å². The monoisotopic (exact) mass is 430 g/mol. The number of fused-ring (bicyclic) bond motifs is 1. The molecule has 0 saturated heterocycles. The van der Waals surface area contributed by atoms with E-state index in [-0.39, 0.29) is 5.70 Å². The summed E-state index contributed by atoms with van der Waals surface area (Å²) in [5.74, 6) is -0.903. The Kier molecular flexibility index (Phi) is 5.56. The lowest BCUT2D eigenvalue weighted by molar-refractivity contribution is -0.138. The van der Waals surface area contributed by atoms with E-state index >= 15 is 0 Å². The number of hydrogen-bond acceptors (Lipinski definition) is 7. The van der Waals surface area contributed by atoms with Crippen molar-refractivity contribution in [2.45, 2.75) is 0 Å². The molecule has 1 N–H and O–H groups in total. The Bertz CT molecular complexity index is 1040. The van der Waals surface area contributed by atoms with Gasteiger partial charge in [-0.2, -0.15) is 0 Å². The van der Waals surface area contributed by atoms with Crippen LogP contribution in [0, 0.1) is 0 Å². The maximum Gasteiger partial charge on any atom is 0.354 e. The van der Waals surface area contributed by atoms with Gasteiger partial charge in [-0.3, -0.25) is 0 Å². The van der Waals surface area contributed by atoms with Gasteiger partial charge in [-0.15, -0.1) is 0 Å². The average Bonchev–Trinajstić information content (AvgIpc) is 3.10. The fraction of sp³-hybridized carbons (Fsp3) is 0.105. The lowest BCUT2D eigenvalue weighted by atomic mass is 10.2. The van der Waals surface area contributed by atoms with Crippen LogP contribution in [-0.2, 0) is 19.1 Å². The van der Waals surface area contributed by atoms with Gasteiger partial charge in [0, 0.05) is 15.7 Å². The van der Waals surface area contributed by atoms with Gasteiger partial charge >= 0.3 is 11.9 Å². The van der Waals surface area contributed by atoms with Crippen molar-refractivity contribution in [2.24, 2.45) is 0 Å². The molecule has 0 bridgehead atoms. The van der Waals surface area contributed by atoms with E-state index in [9.17, 15) is 9.59 Å². The molecule has 0 amide bonds. The number of hydrogen-bond donors (Lipinski definition) is 1. The minimum atomic E-state index is -0.699. The van der Waals surface area contributed by atoms with E-state index in [2.05, 4.69) is 35.7 Å². The highest BCUT2D eigenvalue weighted by molar-refractivity contribution is 9.10. The maximum absolute atomic E-state index is 11.9. The number of nitrogens with one attached hydrogen (secondary N) is 1. The average molecular weight is 431 g/mol. The molecule has 0 aliphatic rings. The molecule has 0 atom stereocenters.